The van der Waals surface area contributed by atoms with E-state index in [1.165, 1.54) is 0 Å². The van der Waals surface area contributed by atoms with Gasteiger partial charge in [0.25, 0.3) is 5.91 Å². The van der Waals surface area contributed by atoms with Gasteiger partial charge in [-0.15, -0.1) is 0 Å². The number of nitrogens with zero attached hydrogens (tertiary/aromatic N) is 1. The molecule has 2 amide bonds. The summed E-state index contributed by atoms with van der Waals surface area (Å²) in [5.41, 5.74) is 6.13. The Bertz CT molecular complexity index is 481. The van der Waals surface area contributed by atoms with Crippen LogP contribution in [0.4, 0.5) is 0 Å². The molecule has 1 aromatic rings. The number of rotatable bonds is 9. The predicted octanol–water partition coefficient (Wildman–Crippen LogP) is 2.03. The Hall–Kier alpha value is -1.88. The third-order valence-corrected chi connectivity index (χ3v) is 3.82. The van der Waals surface area contributed by atoms with Crippen molar-refractivity contribution in [2.75, 3.05) is 19.6 Å². The Morgan fingerprint density at radius 2 is 1.68 bits per heavy atom. The Balaban J connectivity index is 2.42. The molecule has 0 aliphatic heterocycles. The molecule has 0 spiro atoms. The summed E-state index contributed by atoms with van der Waals surface area (Å²) in [6, 6.07) is 6.51. The molecule has 0 heterocycles. The van der Waals surface area contributed by atoms with E-state index in [9.17, 15) is 9.59 Å². The van der Waals surface area contributed by atoms with Crippen molar-refractivity contribution in [3.05, 3.63) is 35.4 Å². The van der Waals surface area contributed by atoms with Crippen molar-refractivity contribution in [2.24, 2.45) is 5.73 Å². The lowest BCUT2D eigenvalue weighted by atomic mass is 10.1. The SMILES string of the molecule is CCN(CC)CCCC(C)NC(=O)c1ccc(C(N)=O)cc1. The highest BCUT2D eigenvalue weighted by Gasteiger charge is 2.11. The number of hydrogen-bond acceptors (Lipinski definition) is 3. The largest absolute Gasteiger partial charge is 0.366 e. The van der Waals surface area contributed by atoms with Crippen LogP contribution < -0.4 is 11.1 Å². The fraction of sp³-hybridized carbons (Fsp3) is 0.529. The molecule has 0 fully saturated rings. The molecule has 0 aliphatic carbocycles. The van der Waals surface area contributed by atoms with Gasteiger partial charge in [0.1, 0.15) is 0 Å². The van der Waals surface area contributed by atoms with Gasteiger partial charge in [0.05, 0.1) is 0 Å². The smallest absolute Gasteiger partial charge is 0.251 e. The standard InChI is InChI=1S/C17H27N3O2/c1-4-20(5-2)12-6-7-13(3)19-17(22)15-10-8-14(9-11-15)16(18)21/h8-11,13H,4-7,12H2,1-3H3,(H2,18,21)(H,19,22). The molecule has 1 rings (SSSR count). The summed E-state index contributed by atoms with van der Waals surface area (Å²) in [7, 11) is 0. The summed E-state index contributed by atoms with van der Waals surface area (Å²) in [4.78, 5) is 25.5. The lowest BCUT2D eigenvalue weighted by Gasteiger charge is -2.19. The van der Waals surface area contributed by atoms with E-state index >= 15 is 0 Å². The number of benzene rings is 1. The first kappa shape index (κ1) is 18.2. The fourth-order valence-electron chi connectivity index (χ4n) is 2.33. The van der Waals surface area contributed by atoms with E-state index in [1.807, 2.05) is 6.92 Å². The highest BCUT2D eigenvalue weighted by atomic mass is 16.2. The molecule has 5 nitrogen and oxygen atoms in total. The van der Waals surface area contributed by atoms with Gasteiger partial charge < -0.3 is 16.0 Å². The number of nitrogens with two attached hydrogens (primary N) is 1. The highest BCUT2D eigenvalue weighted by molar-refractivity contribution is 5.97. The predicted molar refractivity (Wildman–Crippen MR) is 88.9 cm³/mol. The van der Waals surface area contributed by atoms with Crippen molar-refractivity contribution in [3.8, 4) is 0 Å². The molecule has 22 heavy (non-hydrogen) atoms. The fourth-order valence-corrected chi connectivity index (χ4v) is 2.33. The maximum Gasteiger partial charge on any atom is 0.251 e. The second-order valence-electron chi connectivity index (χ2n) is 5.49. The zero-order valence-electron chi connectivity index (χ0n) is 13.8. The van der Waals surface area contributed by atoms with Gasteiger partial charge in [-0.2, -0.15) is 0 Å². The number of amides is 2. The molecule has 5 heteroatoms. The minimum Gasteiger partial charge on any atom is -0.366 e. The molecule has 0 bridgehead atoms. The summed E-state index contributed by atoms with van der Waals surface area (Å²) >= 11 is 0. The van der Waals surface area contributed by atoms with E-state index in [4.69, 9.17) is 5.73 Å². The average Bonchev–Trinajstić information content (AvgIpc) is 2.51. The molecule has 0 aliphatic rings. The van der Waals surface area contributed by atoms with Crippen LogP contribution >= 0.6 is 0 Å². The van der Waals surface area contributed by atoms with Crippen molar-refractivity contribution >= 4 is 11.8 Å². The molecule has 0 radical (unpaired) electrons. The maximum absolute atomic E-state index is 12.1. The lowest BCUT2D eigenvalue weighted by molar-refractivity contribution is 0.0935. The van der Waals surface area contributed by atoms with Crippen molar-refractivity contribution in [2.45, 2.75) is 39.7 Å². The first-order chi connectivity index (χ1) is 10.5. The minimum absolute atomic E-state index is 0.119. The van der Waals surface area contributed by atoms with E-state index in [2.05, 4.69) is 24.1 Å². The third kappa shape index (κ3) is 5.85. The van der Waals surface area contributed by atoms with E-state index in [-0.39, 0.29) is 11.9 Å². The average molecular weight is 305 g/mol. The van der Waals surface area contributed by atoms with Gasteiger partial charge in [-0.05, 0) is 63.7 Å². The maximum atomic E-state index is 12.1. The number of hydrogen-bond donors (Lipinski definition) is 2. The molecule has 0 saturated carbocycles. The van der Waals surface area contributed by atoms with Crippen LogP contribution in [0.25, 0.3) is 0 Å². The van der Waals surface area contributed by atoms with Gasteiger partial charge in [-0.1, -0.05) is 13.8 Å². The van der Waals surface area contributed by atoms with Crippen LogP contribution in [0.2, 0.25) is 0 Å². The molecule has 1 atom stereocenters. The van der Waals surface area contributed by atoms with Crippen molar-refractivity contribution < 1.29 is 9.59 Å². The molecule has 122 valence electrons. The van der Waals surface area contributed by atoms with Crippen molar-refractivity contribution in [3.63, 3.8) is 0 Å². The van der Waals surface area contributed by atoms with Gasteiger partial charge in [-0.3, -0.25) is 9.59 Å². The quantitative estimate of drug-likeness (QED) is 0.733. The Morgan fingerprint density at radius 1 is 1.14 bits per heavy atom. The Morgan fingerprint density at radius 3 is 2.18 bits per heavy atom. The monoisotopic (exact) mass is 305 g/mol. The van der Waals surface area contributed by atoms with E-state index in [1.54, 1.807) is 24.3 Å². The van der Waals surface area contributed by atoms with E-state index in [0.717, 1.165) is 32.5 Å². The number of nitrogens with one attached hydrogen (secondary N) is 1. The molecule has 0 aromatic heterocycles. The number of carbonyl (C=O) groups excluding carboxylic acids is 2. The molecular weight excluding hydrogens is 278 g/mol. The molecule has 1 aromatic carbocycles. The Labute approximate surface area is 132 Å². The van der Waals surface area contributed by atoms with Gasteiger partial charge in [-0.25, -0.2) is 0 Å². The zero-order chi connectivity index (χ0) is 16.5. The van der Waals surface area contributed by atoms with E-state index in [0.29, 0.717) is 11.1 Å². The topological polar surface area (TPSA) is 75.4 Å². The van der Waals surface area contributed by atoms with Crippen LogP contribution in [0.1, 0.15) is 54.3 Å². The summed E-state index contributed by atoms with van der Waals surface area (Å²) in [5.74, 6) is -0.608. The van der Waals surface area contributed by atoms with Gasteiger partial charge >= 0.3 is 0 Å². The third-order valence-electron chi connectivity index (χ3n) is 3.82. The Kier molecular flexibility index (Phi) is 7.60. The second-order valence-corrected chi connectivity index (χ2v) is 5.49. The lowest BCUT2D eigenvalue weighted by Crippen LogP contribution is -2.33. The highest BCUT2D eigenvalue weighted by Crippen LogP contribution is 2.06. The molecule has 0 saturated heterocycles. The first-order valence-corrected chi connectivity index (χ1v) is 7.91. The first-order valence-electron chi connectivity index (χ1n) is 7.91. The second kappa shape index (κ2) is 9.20. The minimum atomic E-state index is -0.489. The molecule has 3 N–H and O–H groups in total. The summed E-state index contributed by atoms with van der Waals surface area (Å²) in [6.07, 6.45) is 2.01. The molecular formula is C17H27N3O2. The summed E-state index contributed by atoms with van der Waals surface area (Å²) in [5, 5.41) is 2.98. The van der Waals surface area contributed by atoms with Gasteiger partial charge in [0.15, 0.2) is 0 Å². The van der Waals surface area contributed by atoms with Crippen LogP contribution in [0.3, 0.4) is 0 Å². The van der Waals surface area contributed by atoms with Crippen LogP contribution in [-0.4, -0.2) is 42.4 Å². The zero-order valence-corrected chi connectivity index (χ0v) is 13.8. The van der Waals surface area contributed by atoms with E-state index < -0.39 is 5.91 Å². The van der Waals surface area contributed by atoms with Crippen LogP contribution in [-0.2, 0) is 0 Å². The van der Waals surface area contributed by atoms with Crippen LogP contribution in [0.5, 0.6) is 0 Å². The number of carbonyl (C=O) groups is 2. The normalized spacial score (nSPS) is 12.2. The van der Waals surface area contributed by atoms with Crippen LogP contribution in [0, 0.1) is 0 Å². The molecule has 1 unspecified atom stereocenters. The van der Waals surface area contributed by atoms with Crippen molar-refractivity contribution in [1.29, 1.82) is 0 Å². The number of primary amides is 1. The summed E-state index contributed by atoms with van der Waals surface area (Å²) in [6.45, 7) is 9.50. The summed E-state index contributed by atoms with van der Waals surface area (Å²) < 4.78 is 0. The van der Waals surface area contributed by atoms with Gasteiger partial charge in [0, 0.05) is 17.2 Å². The van der Waals surface area contributed by atoms with Crippen LogP contribution in [0.15, 0.2) is 24.3 Å². The van der Waals surface area contributed by atoms with Gasteiger partial charge in [0.2, 0.25) is 5.91 Å². The van der Waals surface area contributed by atoms with Crippen molar-refractivity contribution in [1.82, 2.24) is 10.2 Å².